The van der Waals surface area contributed by atoms with Gasteiger partial charge in [-0.25, -0.2) is 19.2 Å². The van der Waals surface area contributed by atoms with E-state index < -0.39 is 6.10 Å². The van der Waals surface area contributed by atoms with E-state index in [1.165, 1.54) is 34.8 Å². The maximum absolute atomic E-state index is 13.5. The van der Waals surface area contributed by atoms with Crippen molar-refractivity contribution < 1.29 is 14.3 Å². The van der Waals surface area contributed by atoms with Gasteiger partial charge in [-0.05, 0) is 37.1 Å². The summed E-state index contributed by atoms with van der Waals surface area (Å²) in [4.78, 5) is 28.8. The molecule has 202 valence electrons. The molecule has 4 aromatic rings. The first-order valence-corrected chi connectivity index (χ1v) is 14.2. The highest BCUT2D eigenvalue weighted by Gasteiger charge is 2.33. The summed E-state index contributed by atoms with van der Waals surface area (Å²) in [5, 5.41) is 28.6. The van der Waals surface area contributed by atoms with Crippen LogP contribution in [0.3, 0.4) is 0 Å². The third kappa shape index (κ3) is 4.66. The Morgan fingerprint density at radius 1 is 1.26 bits per heavy atom. The lowest BCUT2D eigenvalue weighted by Crippen LogP contribution is -2.58. The SMILES string of the molecule is CCc1nc2sc(N3CCC(NC(=O)N4CC(O)C4)C3)nn2c1N(C)c1nc(-c2ccc(F)cc2)c(C#N)s1. The number of aryl methyl sites for hydroxylation is 1. The van der Waals surface area contributed by atoms with Gasteiger partial charge in [0.2, 0.25) is 10.1 Å². The number of benzene rings is 1. The van der Waals surface area contributed by atoms with E-state index in [0.29, 0.717) is 47.3 Å². The Labute approximate surface area is 231 Å². The number of aliphatic hydroxyl groups is 1. The zero-order valence-electron chi connectivity index (χ0n) is 21.3. The molecule has 1 unspecified atom stereocenters. The second kappa shape index (κ2) is 10.1. The van der Waals surface area contributed by atoms with Crippen molar-refractivity contribution in [3.05, 3.63) is 40.7 Å². The molecule has 3 aromatic heterocycles. The van der Waals surface area contributed by atoms with E-state index in [-0.39, 0.29) is 17.9 Å². The summed E-state index contributed by atoms with van der Waals surface area (Å²) < 4.78 is 15.3. The number of rotatable bonds is 6. The molecule has 11 nitrogen and oxygen atoms in total. The molecule has 0 aliphatic carbocycles. The molecule has 5 heterocycles. The molecule has 2 fully saturated rings. The number of hydrogen-bond acceptors (Lipinski definition) is 10. The Balaban J connectivity index is 1.25. The van der Waals surface area contributed by atoms with Crippen LogP contribution in [0, 0.1) is 17.1 Å². The van der Waals surface area contributed by atoms with Gasteiger partial charge in [0.25, 0.3) is 0 Å². The number of carbonyl (C=O) groups is 1. The van der Waals surface area contributed by atoms with Crippen molar-refractivity contribution in [2.75, 3.05) is 43.0 Å². The van der Waals surface area contributed by atoms with Crippen LogP contribution in [-0.2, 0) is 6.42 Å². The topological polar surface area (TPSA) is 126 Å². The number of imidazole rings is 1. The molecule has 1 aromatic carbocycles. The molecule has 39 heavy (non-hydrogen) atoms. The summed E-state index contributed by atoms with van der Waals surface area (Å²) in [6.07, 6.45) is 1.07. The number of hydrogen-bond donors (Lipinski definition) is 2. The number of β-amino-alcohol motifs (C(OH)–C–C–N with tert-alkyl or cyclic N) is 1. The average molecular weight is 568 g/mol. The van der Waals surface area contributed by atoms with Crippen molar-refractivity contribution in [2.45, 2.75) is 31.9 Å². The van der Waals surface area contributed by atoms with Crippen LogP contribution in [0.15, 0.2) is 24.3 Å². The fourth-order valence-electron chi connectivity index (χ4n) is 4.83. The molecular formula is C25H26FN9O2S2. The molecule has 14 heteroatoms. The van der Waals surface area contributed by atoms with Gasteiger partial charge in [0.15, 0.2) is 10.9 Å². The predicted octanol–water partition coefficient (Wildman–Crippen LogP) is 3.22. The van der Waals surface area contributed by atoms with Gasteiger partial charge < -0.3 is 25.1 Å². The van der Waals surface area contributed by atoms with Crippen LogP contribution in [0.25, 0.3) is 16.2 Å². The quantitative estimate of drug-likeness (QED) is 0.364. The molecule has 0 spiro atoms. The zero-order valence-corrected chi connectivity index (χ0v) is 23.0. The highest BCUT2D eigenvalue weighted by atomic mass is 32.1. The van der Waals surface area contributed by atoms with Gasteiger partial charge in [0, 0.05) is 31.7 Å². The highest BCUT2D eigenvalue weighted by molar-refractivity contribution is 7.20. The average Bonchev–Trinajstić information content (AvgIpc) is 3.69. The van der Waals surface area contributed by atoms with Crippen molar-refractivity contribution >= 4 is 49.7 Å². The number of halogens is 1. The van der Waals surface area contributed by atoms with Gasteiger partial charge in [0.05, 0.1) is 24.9 Å². The Kier molecular flexibility index (Phi) is 6.57. The minimum atomic E-state index is -0.423. The van der Waals surface area contributed by atoms with Gasteiger partial charge in [-0.3, -0.25) is 0 Å². The van der Waals surface area contributed by atoms with E-state index in [0.717, 1.165) is 34.6 Å². The summed E-state index contributed by atoms with van der Waals surface area (Å²) in [5.41, 5.74) is 2.05. The predicted molar refractivity (Wildman–Crippen MR) is 147 cm³/mol. The largest absolute Gasteiger partial charge is 0.389 e. The number of likely N-dealkylation sites (tertiary alicyclic amines) is 1. The summed E-state index contributed by atoms with van der Waals surface area (Å²) in [6, 6.07) is 8.03. The third-order valence-corrected chi connectivity index (χ3v) is 8.95. The number of aromatic nitrogens is 4. The second-order valence-electron chi connectivity index (χ2n) is 9.61. The molecule has 2 amide bonds. The Hall–Kier alpha value is -3.80. The second-order valence-corrected chi connectivity index (χ2v) is 11.5. The summed E-state index contributed by atoms with van der Waals surface area (Å²) in [6.45, 7) is 4.19. The van der Waals surface area contributed by atoms with Crippen LogP contribution in [0.5, 0.6) is 0 Å². The molecule has 2 N–H and O–H groups in total. The van der Waals surface area contributed by atoms with Crippen LogP contribution in [0.2, 0.25) is 0 Å². The monoisotopic (exact) mass is 567 g/mol. The fourth-order valence-corrected chi connectivity index (χ4v) is 6.63. The number of carbonyl (C=O) groups excluding carboxylic acids is 1. The lowest BCUT2D eigenvalue weighted by atomic mass is 10.1. The first-order chi connectivity index (χ1) is 18.8. The van der Waals surface area contributed by atoms with Gasteiger partial charge in [-0.15, -0.1) is 5.10 Å². The van der Waals surface area contributed by atoms with Crippen molar-refractivity contribution in [3.8, 4) is 17.3 Å². The molecular weight excluding hydrogens is 541 g/mol. The Bertz CT molecular complexity index is 1570. The molecule has 2 saturated heterocycles. The molecule has 6 rings (SSSR count). The van der Waals surface area contributed by atoms with E-state index in [2.05, 4.69) is 16.3 Å². The van der Waals surface area contributed by atoms with Crippen molar-refractivity contribution in [1.82, 2.24) is 29.8 Å². The summed E-state index contributed by atoms with van der Waals surface area (Å²) >= 11 is 2.75. The Morgan fingerprint density at radius 3 is 2.72 bits per heavy atom. The minimum absolute atomic E-state index is 0.00409. The first-order valence-electron chi connectivity index (χ1n) is 12.6. The standard InChI is InChI=1S/C25H26FN9O2S2/c1-3-18-21(32(2)23-30-20(19(10-27)38-23)14-4-6-15(26)7-5-14)35-24(29-18)39-25(31-35)33-9-8-16(11-33)28-22(37)34-12-17(36)13-34/h4-7,16-17,36H,3,8-9,11-13H2,1-2H3,(H,28,37). The normalized spacial score (nSPS) is 17.5. The number of amides is 2. The number of nitrogens with zero attached hydrogens (tertiary/aromatic N) is 8. The molecule has 0 saturated carbocycles. The number of aliphatic hydroxyl groups excluding tert-OH is 1. The number of anilines is 3. The van der Waals surface area contributed by atoms with Crippen LogP contribution in [-0.4, -0.2) is 81.0 Å². The maximum atomic E-state index is 13.5. The number of nitrogens with one attached hydrogen (secondary N) is 1. The minimum Gasteiger partial charge on any atom is -0.389 e. The van der Waals surface area contributed by atoms with Crippen molar-refractivity contribution in [3.63, 3.8) is 0 Å². The zero-order chi connectivity index (χ0) is 27.3. The van der Waals surface area contributed by atoms with E-state index in [1.807, 2.05) is 23.4 Å². The van der Waals surface area contributed by atoms with Crippen LogP contribution in [0.1, 0.15) is 23.9 Å². The molecule has 2 aliphatic heterocycles. The smallest absolute Gasteiger partial charge is 0.317 e. The molecule has 1 atom stereocenters. The van der Waals surface area contributed by atoms with Gasteiger partial charge in [-0.1, -0.05) is 29.6 Å². The van der Waals surface area contributed by atoms with Crippen LogP contribution in [0.4, 0.5) is 25.3 Å². The van der Waals surface area contributed by atoms with Crippen molar-refractivity contribution in [2.24, 2.45) is 0 Å². The number of nitriles is 1. The van der Waals surface area contributed by atoms with Gasteiger partial charge >= 0.3 is 6.03 Å². The first kappa shape index (κ1) is 25.5. The fraction of sp³-hybridized carbons (Fsp3) is 0.400. The van der Waals surface area contributed by atoms with Crippen molar-refractivity contribution in [1.29, 1.82) is 5.26 Å². The molecule has 2 aliphatic rings. The molecule has 0 bridgehead atoms. The number of urea groups is 1. The van der Waals surface area contributed by atoms with E-state index in [9.17, 15) is 19.6 Å². The lowest BCUT2D eigenvalue weighted by Gasteiger charge is -2.36. The summed E-state index contributed by atoms with van der Waals surface area (Å²) in [5.74, 6) is 0.431. The molecule has 0 radical (unpaired) electrons. The van der Waals surface area contributed by atoms with E-state index in [1.54, 1.807) is 17.0 Å². The summed E-state index contributed by atoms with van der Waals surface area (Å²) in [7, 11) is 1.88. The number of fused-ring (bicyclic) bond motifs is 1. The van der Waals surface area contributed by atoms with Crippen LogP contribution >= 0.6 is 22.7 Å². The van der Waals surface area contributed by atoms with Gasteiger partial charge in [0.1, 0.15) is 22.5 Å². The Morgan fingerprint density at radius 2 is 2.03 bits per heavy atom. The third-order valence-electron chi connectivity index (χ3n) is 6.95. The van der Waals surface area contributed by atoms with Crippen LogP contribution < -0.4 is 15.1 Å². The lowest BCUT2D eigenvalue weighted by molar-refractivity contribution is 0.0259. The highest BCUT2D eigenvalue weighted by Crippen LogP contribution is 2.38. The van der Waals surface area contributed by atoms with Gasteiger partial charge in [-0.2, -0.15) is 9.78 Å². The van der Waals surface area contributed by atoms with E-state index >= 15 is 0 Å². The van der Waals surface area contributed by atoms with E-state index in [4.69, 9.17) is 15.1 Å². The number of thiazole rings is 1. The maximum Gasteiger partial charge on any atom is 0.317 e.